The second-order valence-corrected chi connectivity index (χ2v) is 21.2. The Bertz CT molecular complexity index is 2790. The summed E-state index contributed by atoms with van der Waals surface area (Å²) in [4.78, 5) is 9.15. The molecular weight excluding hydrogens is 1020 g/mol. The van der Waals surface area contributed by atoms with Crippen molar-refractivity contribution >= 4 is 53.0 Å². The van der Waals surface area contributed by atoms with Crippen molar-refractivity contribution in [2.24, 2.45) is 0 Å². The first kappa shape index (κ1) is 52.5. The fraction of sp³-hybridized carbons (Fsp3) is 0.333. The summed E-state index contributed by atoms with van der Waals surface area (Å²) >= 11 is 2.75. The van der Waals surface area contributed by atoms with E-state index in [0.29, 0.717) is 38.3 Å². The minimum atomic E-state index is -4.95. The second kappa shape index (κ2) is 22.0. The van der Waals surface area contributed by atoms with Crippen LogP contribution >= 0.6 is 22.7 Å². The molecular formula is C45H42F10N6O5S4. The number of halogens is 10. The van der Waals surface area contributed by atoms with Crippen molar-refractivity contribution in [3.63, 3.8) is 0 Å². The van der Waals surface area contributed by atoms with E-state index in [1.807, 2.05) is 46.8 Å². The summed E-state index contributed by atoms with van der Waals surface area (Å²) in [6.07, 6.45) is 3.31. The molecule has 0 bridgehead atoms. The molecule has 376 valence electrons. The number of hydrogen-bond donors (Lipinski definition) is 0. The van der Waals surface area contributed by atoms with Crippen LogP contribution in [-0.2, 0) is 39.3 Å². The quantitative estimate of drug-likeness (QED) is 0.0599. The fourth-order valence-electron chi connectivity index (χ4n) is 7.57. The van der Waals surface area contributed by atoms with Crippen molar-refractivity contribution in [3.05, 3.63) is 146 Å². The van der Waals surface area contributed by atoms with Crippen molar-refractivity contribution in [3.8, 4) is 5.75 Å². The molecule has 0 amide bonds. The van der Waals surface area contributed by atoms with Crippen LogP contribution in [0.4, 0.5) is 54.2 Å². The van der Waals surface area contributed by atoms with Gasteiger partial charge >= 0.3 is 0 Å². The lowest BCUT2D eigenvalue weighted by Gasteiger charge is -2.33. The number of hydrogen-bond acceptors (Lipinski definition) is 11. The smallest absolute Gasteiger partial charge is 0.249 e. The molecule has 2 saturated heterocycles. The van der Waals surface area contributed by atoms with E-state index in [-0.39, 0.29) is 52.4 Å². The van der Waals surface area contributed by atoms with Crippen LogP contribution in [0.2, 0.25) is 0 Å². The maximum atomic E-state index is 14.1. The molecule has 0 radical (unpaired) electrons. The third-order valence-electron chi connectivity index (χ3n) is 11.2. The van der Waals surface area contributed by atoms with E-state index in [1.54, 1.807) is 4.90 Å². The maximum Gasteiger partial charge on any atom is 0.249 e. The molecule has 0 aliphatic carbocycles. The number of ether oxygens (including phenoxy) is 1. The Labute approximate surface area is 404 Å². The van der Waals surface area contributed by atoms with Crippen LogP contribution in [0.25, 0.3) is 0 Å². The summed E-state index contributed by atoms with van der Waals surface area (Å²) in [6.45, 7) is 4.33. The van der Waals surface area contributed by atoms with Gasteiger partial charge < -0.3 is 14.5 Å². The topological polar surface area (TPSA) is 116 Å². The lowest BCUT2D eigenvalue weighted by molar-refractivity contribution is 0.340. The van der Waals surface area contributed by atoms with Gasteiger partial charge in [0, 0.05) is 76.0 Å². The van der Waals surface area contributed by atoms with Gasteiger partial charge in [0.05, 0.1) is 18.0 Å². The zero-order valence-electron chi connectivity index (χ0n) is 37.1. The highest BCUT2D eigenvalue weighted by atomic mass is 32.2. The molecule has 0 spiro atoms. The van der Waals surface area contributed by atoms with Crippen LogP contribution < -0.4 is 14.5 Å². The molecule has 0 saturated carbocycles. The van der Waals surface area contributed by atoms with Gasteiger partial charge in [-0.15, -0.1) is 22.7 Å². The van der Waals surface area contributed by atoms with E-state index in [1.165, 1.54) is 28.2 Å². The van der Waals surface area contributed by atoms with Gasteiger partial charge in [-0.2, -0.15) is 8.61 Å². The lowest BCUT2D eigenvalue weighted by Crippen LogP contribution is -2.49. The van der Waals surface area contributed by atoms with Crippen LogP contribution in [0, 0.1) is 58.2 Å². The third-order valence-corrected chi connectivity index (χ3v) is 16.9. The van der Waals surface area contributed by atoms with E-state index in [0.717, 1.165) is 41.1 Å². The molecule has 0 N–H and O–H groups in total. The van der Waals surface area contributed by atoms with E-state index >= 15 is 0 Å². The molecule has 4 heterocycles. The molecule has 70 heavy (non-hydrogen) atoms. The van der Waals surface area contributed by atoms with Gasteiger partial charge in [-0.05, 0) is 42.2 Å². The lowest BCUT2D eigenvalue weighted by atomic mass is 10.1. The van der Waals surface area contributed by atoms with Crippen LogP contribution in [0.1, 0.15) is 48.3 Å². The van der Waals surface area contributed by atoms with Crippen molar-refractivity contribution in [2.45, 2.75) is 49.3 Å². The number of aromatic nitrogens is 2. The predicted molar refractivity (Wildman–Crippen MR) is 242 cm³/mol. The highest BCUT2D eigenvalue weighted by Crippen LogP contribution is 2.33. The summed E-state index contributed by atoms with van der Waals surface area (Å²) < 4.78 is 195. The van der Waals surface area contributed by atoms with Gasteiger partial charge in [0.25, 0.3) is 0 Å². The number of rotatable bonds is 14. The summed E-state index contributed by atoms with van der Waals surface area (Å²) in [7, 11) is -9.89. The summed E-state index contributed by atoms with van der Waals surface area (Å²) in [5, 5.41) is 5.09. The van der Waals surface area contributed by atoms with Gasteiger partial charge in [0.2, 0.25) is 31.7 Å². The van der Waals surface area contributed by atoms with Crippen molar-refractivity contribution in [1.82, 2.24) is 18.6 Å². The molecule has 2 aliphatic rings. The van der Waals surface area contributed by atoms with Crippen LogP contribution in [-0.4, -0.2) is 94.4 Å². The monoisotopic (exact) mass is 1060 g/mol. The molecule has 25 heteroatoms. The minimum absolute atomic E-state index is 0.130. The van der Waals surface area contributed by atoms with Crippen LogP contribution in [0.5, 0.6) is 5.75 Å². The Kier molecular flexibility index (Phi) is 16.5. The molecule has 4 aromatic carbocycles. The largest absolute Gasteiger partial charge is 0.494 e. The first-order chi connectivity index (χ1) is 33.3. The van der Waals surface area contributed by atoms with E-state index < -0.39 is 88.0 Å². The van der Waals surface area contributed by atoms with Gasteiger partial charge in [-0.3, -0.25) is 0 Å². The van der Waals surface area contributed by atoms with E-state index in [4.69, 9.17) is 4.74 Å². The molecule has 11 nitrogen and oxygen atoms in total. The van der Waals surface area contributed by atoms with Crippen LogP contribution in [0.15, 0.2) is 69.1 Å². The van der Waals surface area contributed by atoms with Crippen molar-refractivity contribution < 1.29 is 65.5 Å². The molecule has 0 atom stereocenters. The Hall–Kier alpha value is -5.34. The Morgan fingerprint density at radius 1 is 0.486 bits per heavy atom. The number of thiazole rings is 2. The number of sulfonamides is 2. The first-order valence-electron chi connectivity index (χ1n) is 21.5. The number of aryl methyl sites for hydroxylation is 1. The second-order valence-electron chi connectivity index (χ2n) is 15.8. The summed E-state index contributed by atoms with van der Waals surface area (Å²) in [5.41, 5.74) is 5.08. The number of anilines is 2. The summed E-state index contributed by atoms with van der Waals surface area (Å²) in [6, 6.07) is 15.9. The van der Waals surface area contributed by atoms with Gasteiger partial charge in [-0.25, -0.2) is 70.7 Å². The van der Waals surface area contributed by atoms with Crippen LogP contribution in [0.3, 0.4) is 0 Å². The SMILES string of the molecule is CCCc1ccc(Cc2csc(N3CCN(S(=O)(=O)c4c(F)c(F)c(F)c(F)c4F)CC3)n2)cc1.CCOc1ccc(Cc2csc(N3CCN(S(=O)(=O)c4c(F)c(F)c(F)c(F)c4F)CC3)n2)cc1. The van der Waals surface area contributed by atoms with Crippen molar-refractivity contribution in [1.29, 1.82) is 0 Å². The number of piperazine rings is 2. The number of benzene rings is 4. The predicted octanol–water partition coefficient (Wildman–Crippen LogP) is 9.23. The molecule has 2 aliphatic heterocycles. The molecule has 2 fully saturated rings. The molecule has 8 rings (SSSR count). The Morgan fingerprint density at radius 3 is 1.16 bits per heavy atom. The normalized spacial score (nSPS) is 15.0. The van der Waals surface area contributed by atoms with E-state index in [2.05, 4.69) is 41.2 Å². The minimum Gasteiger partial charge on any atom is -0.494 e. The third kappa shape index (κ3) is 11.1. The van der Waals surface area contributed by atoms with Gasteiger partial charge in [-0.1, -0.05) is 49.7 Å². The van der Waals surface area contributed by atoms with Gasteiger partial charge in [0.15, 0.2) is 66.6 Å². The fourth-order valence-corrected chi connectivity index (χ4v) is 12.4. The standard InChI is InChI=1S/C23H22F5N3O2S2.C22H20F5N3O3S2/c1-2-3-14-4-6-15(7-5-14)12-16-13-34-23(29-16)30-8-10-31(11-9-30)35(32,33)22-20(27)18(25)17(24)19(26)21(22)28;1-2-33-15-5-3-13(4-6-15)11-14-12-34-22(28-14)29-7-9-30(10-8-29)35(31,32)21-19(26)17(24)16(23)18(25)20(21)27/h4-7,13H,2-3,8-12H2,1H3;3-6,12H,2,7-11H2,1H3. The maximum absolute atomic E-state index is 14.1. The zero-order valence-corrected chi connectivity index (χ0v) is 40.4. The molecule has 6 aromatic rings. The zero-order chi connectivity index (χ0) is 50.7. The first-order valence-corrected chi connectivity index (χ1v) is 26.1. The average molecular weight is 1070 g/mol. The molecule has 2 aromatic heterocycles. The average Bonchev–Trinajstić information content (AvgIpc) is 4.03. The summed E-state index contributed by atoms with van der Waals surface area (Å²) in [5.74, 6) is -22.7. The van der Waals surface area contributed by atoms with Crippen molar-refractivity contribution in [2.75, 3.05) is 68.8 Å². The molecule has 0 unspecified atom stereocenters. The highest BCUT2D eigenvalue weighted by Gasteiger charge is 2.40. The number of nitrogens with zero attached hydrogens (tertiary/aromatic N) is 6. The van der Waals surface area contributed by atoms with E-state index in [9.17, 15) is 60.7 Å². The Morgan fingerprint density at radius 2 is 0.814 bits per heavy atom. The van der Waals surface area contributed by atoms with Gasteiger partial charge in [0.1, 0.15) is 5.75 Å². The highest BCUT2D eigenvalue weighted by molar-refractivity contribution is 7.89. The Balaban J connectivity index is 0.000000206.